The molecular formula is C13H21NO4. The summed E-state index contributed by atoms with van der Waals surface area (Å²) in [6, 6.07) is 0.167. The van der Waals surface area contributed by atoms with Gasteiger partial charge in [-0.1, -0.05) is 0 Å². The van der Waals surface area contributed by atoms with Crippen LogP contribution >= 0.6 is 0 Å². The first-order chi connectivity index (χ1) is 8.28. The van der Waals surface area contributed by atoms with Gasteiger partial charge in [-0.05, 0) is 46.0 Å². The second-order valence-corrected chi connectivity index (χ2v) is 6.30. The molecule has 5 heteroatoms. The van der Waals surface area contributed by atoms with Crippen LogP contribution in [-0.2, 0) is 9.53 Å². The van der Waals surface area contributed by atoms with E-state index in [0.29, 0.717) is 6.54 Å². The van der Waals surface area contributed by atoms with Gasteiger partial charge in [-0.15, -0.1) is 0 Å². The number of carboxylic acid groups (broad SMARTS) is 1. The molecule has 5 nitrogen and oxygen atoms in total. The van der Waals surface area contributed by atoms with Gasteiger partial charge < -0.3 is 14.7 Å². The summed E-state index contributed by atoms with van der Waals surface area (Å²) in [5.41, 5.74) is -0.536. The highest BCUT2D eigenvalue weighted by atomic mass is 16.6. The first-order valence-electron chi connectivity index (χ1n) is 6.50. The molecule has 102 valence electrons. The highest BCUT2D eigenvalue weighted by Gasteiger charge is 2.46. The summed E-state index contributed by atoms with van der Waals surface area (Å²) in [4.78, 5) is 24.9. The minimum Gasteiger partial charge on any atom is -0.481 e. The Balaban J connectivity index is 2.08. The van der Waals surface area contributed by atoms with E-state index >= 15 is 0 Å². The smallest absolute Gasteiger partial charge is 0.410 e. The van der Waals surface area contributed by atoms with E-state index in [4.69, 9.17) is 4.74 Å². The molecular weight excluding hydrogens is 234 g/mol. The van der Waals surface area contributed by atoms with Crippen LogP contribution in [0.15, 0.2) is 0 Å². The normalized spacial score (nSPS) is 31.3. The summed E-state index contributed by atoms with van der Waals surface area (Å²) in [7, 11) is 0. The SMILES string of the molecule is CC(C)(C)OC(=O)N1C[C@H](C(=O)O)[C@@H]2CC[C@H]1C2. The number of hydrogen-bond donors (Lipinski definition) is 1. The van der Waals surface area contributed by atoms with Gasteiger partial charge in [0.2, 0.25) is 0 Å². The predicted molar refractivity (Wildman–Crippen MR) is 65.2 cm³/mol. The van der Waals surface area contributed by atoms with E-state index in [0.717, 1.165) is 19.3 Å². The van der Waals surface area contributed by atoms with Crippen LogP contribution in [0.2, 0.25) is 0 Å². The average molecular weight is 255 g/mol. The number of fused-ring (bicyclic) bond motifs is 2. The van der Waals surface area contributed by atoms with Gasteiger partial charge in [-0.3, -0.25) is 4.79 Å². The van der Waals surface area contributed by atoms with Crippen molar-refractivity contribution in [2.24, 2.45) is 11.8 Å². The molecule has 2 fully saturated rings. The Bertz CT molecular complexity index is 360. The topological polar surface area (TPSA) is 66.8 Å². The summed E-state index contributed by atoms with van der Waals surface area (Å²) in [6.07, 6.45) is 2.23. The van der Waals surface area contributed by atoms with Crippen LogP contribution in [0.4, 0.5) is 4.79 Å². The van der Waals surface area contributed by atoms with Crippen LogP contribution in [-0.4, -0.2) is 40.3 Å². The van der Waals surface area contributed by atoms with Crippen LogP contribution in [0.1, 0.15) is 40.0 Å². The van der Waals surface area contributed by atoms with E-state index < -0.39 is 17.5 Å². The minimum atomic E-state index is -0.797. The fraction of sp³-hybridized carbons (Fsp3) is 0.846. The van der Waals surface area contributed by atoms with Crippen molar-refractivity contribution in [3.63, 3.8) is 0 Å². The summed E-state index contributed by atoms with van der Waals surface area (Å²) in [6.45, 7) is 5.75. The Labute approximate surface area is 107 Å². The van der Waals surface area contributed by atoms with Gasteiger partial charge in [-0.25, -0.2) is 4.79 Å². The van der Waals surface area contributed by atoms with Crippen LogP contribution in [0.25, 0.3) is 0 Å². The van der Waals surface area contributed by atoms with E-state index in [9.17, 15) is 14.7 Å². The van der Waals surface area contributed by atoms with Gasteiger partial charge in [0.15, 0.2) is 0 Å². The van der Waals surface area contributed by atoms with E-state index in [1.54, 1.807) is 4.90 Å². The zero-order valence-electron chi connectivity index (χ0n) is 11.2. The Morgan fingerprint density at radius 2 is 1.94 bits per heavy atom. The lowest BCUT2D eigenvalue weighted by molar-refractivity contribution is -0.145. The van der Waals surface area contributed by atoms with Gasteiger partial charge in [0.05, 0.1) is 5.92 Å². The molecule has 1 saturated carbocycles. The zero-order valence-corrected chi connectivity index (χ0v) is 11.2. The van der Waals surface area contributed by atoms with Gasteiger partial charge in [0.25, 0.3) is 0 Å². The third-order valence-electron chi connectivity index (χ3n) is 3.79. The predicted octanol–water partition coefficient (Wildman–Crippen LogP) is 2.11. The second-order valence-electron chi connectivity index (χ2n) is 6.30. The van der Waals surface area contributed by atoms with Crippen LogP contribution < -0.4 is 0 Å². The number of carboxylic acids is 1. The molecule has 0 radical (unpaired) electrons. The summed E-state index contributed by atoms with van der Waals surface area (Å²) >= 11 is 0. The second kappa shape index (κ2) is 4.44. The molecule has 3 atom stereocenters. The van der Waals surface area contributed by atoms with Gasteiger partial charge in [-0.2, -0.15) is 0 Å². The molecule has 0 spiro atoms. The lowest BCUT2D eigenvalue weighted by Crippen LogP contribution is -2.49. The van der Waals surface area contributed by atoms with E-state index in [2.05, 4.69) is 0 Å². The molecule has 18 heavy (non-hydrogen) atoms. The van der Waals surface area contributed by atoms with Crippen molar-refractivity contribution in [2.45, 2.75) is 51.7 Å². The third kappa shape index (κ3) is 2.60. The molecule has 1 amide bonds. The van der Waals surface area contributed by atoms with Crippen molar-refractivity contribution in [1.82, 2.24) is 4.90 Å². The Morgan fingerprint density at radius 3 is 2.50 bits per heavy atom. The zero-order chi connectivity index (χ0) is 13.5. The number of carbonyl (C=O) groups is 2. The number of rotatable bonds is 1. The van der Waals surface area contributed by atoms with Gasteiger partial charge >= 0.3 is 12.1 Å². The number of likely N-dealkylation sites (tertiary alicyclic amines) is 1. The molecule has 0 unspecified atom stereocenters. The molecule has 2 bridgehead atoms. The number of carbonyl (C=O) groups excluding carboxylic acids is 1. The molecule has 2 rings (SSSR count). The minimum absolute atomic E-state index is 0.167. The van der Waals surface area contributed by atoms with Crippen molar-refractivity contribution >= 4 is 12.1 Å². The maximum absolute atomic E-state index is 12.1. The highest BCUT2D eigenvalue weighted by molar-refractivity contribution is 5.74. The number of ether oxygens (including phenoxy) is 1. The van der Waals surface area contributed by atoms with Crippen molar-refractivity contribution in [3.05, 3.63) is 0 Å². The first kappa shape index (κ1) is 13.2. The van der Waals surface area contributed by atoms with Crippen molar-refractivity contribution in [2.75, 3.05) is 6.54 Å². The average Bonchev–Trinajstić information content (AvgIpc) is 2.59. The lowest BCUT2D eigenvalue weighted by Gasteiger charge is -2.37. The fourth-order valence-electron chi connectivity index (χ4n) is 2.97. The molecule has 1 saturated heterocycles. The molecule has 1 heterocycles. The number of amides is 1. The lowest BCUT2D eigenvalue weighted by atomic mass is 9.87. The fourth-order valence-corrected chi connectivity index (χ4v) is 2.97. The third-order valence-corrected chi connectivity index (χ3v) is 3.79. The number of piperidine rings is 1. The summed E-state index contributed by atoms with van der Waals surface area (Å²) in [5, 5.41) is 9.21. The Kier molecular flexibility index (Phi) is 3.25. The van der Waals surface area contributed by atoms with Crippen LogP contribution in [0.5, 0.6) is 0 Å². The van der Waals surface area contributed by atoms with Crippen LogP contribution in [0.3, 0.4) is 0 Å². The van der Waals surface area contributed by atoms with E-state index in [-0.39, 0.29) is 18.1 Å². The Hall–Kier alpha value is -1.26. The molecule has 2 aliphatic rings. The maximum Gasteiger partial charge on any atom is 0.410 e. The highest BCUT2D eigenvalue weighted by Crippen LogP contribution is 2.40. The van der Waals surface area contributed by atoms with Crippen molar-refractivity contribution < 1.29 is 19.4 Å². The van der Waals surface area contributed by atoms with E-state index in [1.165, 1.54) is 0 Å². The number of hydrogen-bond acceptors (Lipinski definition) is 3. The summed E-state index contributed by atoms with van der Waals surface area (Å²) in [5.74, 6) is -1.00. The number of nitrogens with zero attached hydrogens (tertiary/aromatic N) is 1. The monoisotopic (exact) mass is 255 g/mol. The summed E-state index contributed by atoms with van der Waals surface area (Å²) < 4.78 is 5.35. The van der Waals surface area contributed by atoms with Crippen LogP contribution in [0, 0.1) is 11.8 Å². The van der Waals surface area contributed by atoms with E-state index in [1.807, 2.05) is 20.8 Å². The quantitative estimate of drug-likeness (QED) is 0.779. The number of aliphatic carboxylic acids is 1. The van der Waals surface area contributed by atoms with Crippen molar-refractivity contribution in [3.8, 4) is 0 Å². The molecule has 0 aromatic heterocycles. The molecule has 0 aromatic carbocycles. The molecule has 1 aliphatic carbocycles. The molecule has 1 N–H and O–H groups in total. The van der Waals surface area contributed by atoms with Gasteiger partial charge in [0.1, 0.15) is 5.60 Å². The largest absolute Gasteiger partial charge is 0.481 e. The molecule has 0 aromatic rings. The molecule has 1 aliphatic heterocycles. The maximum atomic E-state index is 12.1. The van der Waals surface area contributed by atoms with Gasteiger partial charge in [0, 0.05) is 12.6 Å². The Morgan fingerprint density at radius 1 is 1.28 bits per heavy atom. The first-order valence-corrected chi connectivity index (χ1v) is 6.50. The standard InChI is InChI=1S/C13H21NO4/c1-13(2,3)18-12(17)14-7-10(11(15)16)8-4-5-9(14)6-8/h8-10H,4-7H2,1-3H3,(H,15,16)/t8-,9+,10+/m1/s1. The van der Waals surface area contributed by atoms with Crippen molar-refractivity contribution in [1.29, 1.82) is 0 Å².